The quantitative estimate of drug-likeness (QED) is 0.286. The zero-order valence-corrected chi connectivity index (χ0v) is 20.6. The summed E-state index contributed by atoms with van der Waals surface area (Å²) < 4.78 is 2.22. The highest BCUT2D eigenvalue weighted by atomic mass is 16.3. The number of aromatic hydroxyl groups is 1. The number of aromatic nitrogens is 3. The number of benzene rings is 3. The first-order valence-electron chi connectivity index (χ1n) is 12.2. The van der Waals surface area contributed by atoms with Gasteiger partial charge < -0.3 is 5.11 Å². The van der Waals surface area contributed by atoms with Crippen molar-refractivity contribution in [3.63, 3.8) is 0 Å². The van der Waals surface area contributed by atoms with Crippen molar-refractivity contribution in [1.29, 1.82) is 0 Å². The Kier molecular flexibility index (Phi) is 5.11. The number of phenols is 1. The maximum atomic E-state index is 10.5. The summed E-state index contributed by atoms with van der Waals surface area (Å²) in [6.07, 6.45) is 1.82. The van der Waals surface area contributed by atoms with Gasteiger partial charge in [0.25, 0.3) is 0 Å². The summed E-state index contributed by atoms with van der Waals surface area (Å²) in [5.74, 6) is 0.221. The molecule has 0 bridgehead atoms. The third kappa shape index (κ3) is 3.72. The van der Waals surface area contributed by atoms with E-state index in [9.17, 15) is 5.11 Å². The zero-order chi connectivity index (χ0) is 24.9. The SMILES string of the molecule is CC(C)(C)c1ccc2c(c1)c1ccc(-c3ccccc3O)nc1n2-c1cccc(-c2ccccn2)c1. The number of nitrogens with zero attached hydrogens (tertiary/aromatic N) is 3. The van der Waals surface area contributed by atoms with Gasteiger partial charge in [0.2, 0.25) is 0 Å². The first kappa shape index (κ1) is 22.1. The van der Waals surface area contributed by atoms with Gasteiger partial charge in [-0.3, -0.25) is 9.55 Å². The highest BCUT2D eigenvalue weighted by Gasteiger charge is 2.20. The predicted molar refractivity (Wildman–Crippen MR) is 148 cm³/mol. The van der Waals surface area contributed by atoms with Gasteiger partial charge in [-0.05, 0) is 71.6 Å². The van der Waals surface area contributed by atoms with Crippen LogP contribution in [0.15, 0.2) is 103 Å². The number of fused-ring (bicyclic) bond motifs is 3. The van der Waals surface area contributed by atoms with Gasteiger partial charge >= 0.3 is 0 Å². The van der Waals surface area contributed by atoms with Crippen molar-refractivity contribution < 1.29 is 5.11 Å². The fourth-order valence-electron chi connectivity index (χ4n) is 4.80. The number of hydrogen-bond donors (Lipinski definition) is 1. The van der Waals surface area contributed by atoms with E-state index in [1.54, 1.807) is 6.07 Å². The lowest BCUT2D eigenvalue weighted by Crippen LogP contribution is -2.10. The fourth-order valence-corrected chi connectivity index (χ4v) is 4.80. The van der Waals surface area contributed by atoms with Crippen molar-refractivity contribution >= 4 is 21.9 Å². The van der Waals surface area contributed by atoms with Gasteiger partial charge in [0.1, 0.15) is 11.4 Å². The minimum Gasteiger partial charge on any atom is -0.507 e. The molecule has 3 heterocycles. The molecule has 6 rings (SSSR count). The van der Waals surface area contributed by atoms with Crippen LogP contribution in [0.4, 0.5) is 0 Å². The molecule has 4 nitrogen and oxygen atoms in total. The standard InChI is InChI=1S/C32H27N3O/c1-32(2,3)22-14-17-29-26(20-22)24-15-16-28(25-11-4-5-13-30(25)36)34-31(24)35(29)23-10-8-9-21(19-23)27-12-6-7-18-33-27/h4-20,36H,1-3H3. The molecule has 3 aromatic carbocycles. The topological polar surface area (TPSA) is 50.9 Å². The Morgan fingerprint density at radius 3 is 2.33 bits per heavy atom. The summed E-state index contributed by atoms with van der Waals surface area (Å²) in [6, 6.07) is 32.5. The van der Waals surface area contributed by atoms with E-state index in [0.29, 0.717) is 5.56 Å². The summed E-state index contributed by atoms with van der Waals surface area (Å²) in [7, 11) is 0. The number of phenolic OH excluding ortho intramolecular Hbond substituents is 1. The highest BCUT2D eigenvalue weighted by Crippen LogP contribution is 2.37. The Hall–Kier alpha value is -4.44. The van der Waals surface area contributed by atoms with Crippen molar-refractivity contribution in [2.75, 3.05) is 0 Å². The van der Waals surface area contributed by atoms with Gasteiger partial charge in [0.15, 0.2) is 0 Å². The van der Waals surface area contributed by atoms with E-state index in [4.69, 9.17) is 4.98 Å². The molecule has 0 aliphatic heterocycles. The van der Waals surface area contributed by atoms with E-state index < -0.39 is 0 Å². The van der Waals surface area contributed by atoms with E-state index in [0.717, 1.165) is 44.6 Å². The molecule has 0 radical (unpaired) electrons. The highest BCUT2D eigenvalue weighted by molar-refractivity contribution is 6.08. The van der Waals surface area contributed by atoms with Crippen LogP contribution < -0.4 is 0 Å². The molecule has 36 heavy (non-hydrogen) atoms. The summed E-state index contributed by atoms with van der Waals surface area (Å²) in [5, 5.41) is 12.7. The van der Waals surface area contributed by atoms with Crippen LogP contribution in [0.5, 0.6) is 5.75 Å². The molecule has 3 aromatic heterocycles. The van der Waals surface area contributed by atoms with E-state index in [1.807, 2.05) is 48.7 Å². The van der Waals surface area contributed by atoms with E-state index in [2.05, 4.69) is 78.9 Å². The lowest BCUT2D eigenvalue weighted by atomic mass is 9.86. The normalized spacial score (nSPS) is 11.9. The molecule has 0 aliphatic carbocycles. The van der Waals surface area contributed by atoms with Crippen LogP contribution in [0.3, 0.4) is 0 Å². The smallest absolute Gasteiger partial charge is 0.146 e. The molecule has 4 heteroatoms. The Labute approximate surface area is 210 Å². The third-order valence-corrected chi connectivity index (χ3v) is 6.73. The average Bonchev–Trinajstić information content (AvgIpc) is 3.22. The molecular weight excluding hydrogens is 442 g/mol. The van der Waals surface area contributed by atoms with Gasteiger partial charge in [-0.2, -0.15) is 0 Å². The third-order valence-electron chi connectivity index (χ3n) is 6.73. The number of pyridine rings is 2. The second-order valence-corrected chi connectivity index (χ2v) is 10.2. The van der Waals surface area contributed by atoms with Crippen LogP contribution in [0.2, 0.25) is 0 Å². The van der Waals surface area contributed by atoms with E-state index in [1.165, 1.54) is 5.56 Å². The van der Waals surface area contributed by atoms with Crippen molar-refractivity contribution in [1.82, 2.24) is 14.5 Å². The first-order valence-corrected chi connectivity index (χ1v) is 12.2. The molecule has 0 amide bonds. The molecule has 0 unspecified atom stereocenters. The van der Waals surface area contributed by atoms with Gasteiger partial charge in [-0.15, -0.1) is 0 Å². The monoisotopic (exact) mass is 469 g/mol. The summed E-state index contributed by atoms with van der Waals surface area (Å²) in [5.41, 5.74) is 7.71. The van der Waals surface area contributed by atoms with Gasteiger partial charge in [0.05, 0.1) is 16.9 Å². The predicted octanol–water partition coefficient (Wildman–Crippen LogP) is 7.91. The molecule has 1 N–H and O–H groups in total. The van der Waals surface area contributed by atoms with Gasteiger partial charge in [-0.25, -0.2) is 4.98 Å². The molecule has 0 saturated heterocycles. The molecule has 0 aliphatic rings. The van der Waals surface area contributed by atoms with Crippen molar-refractivity contribution in [3.05, 3.63) is 109 Å². The number of hydrogen-bond acceptors (Lipinski definition) is 3. The van der Waals surface area contributed by atoms with Crippen LogP contribution in [0.1, 0.15) is 26.3 Å². The largest absolute Gasteiger partial charge is 0.507 e. The van der Waals surface area contributed by atoms with Crippen LogP contribution in [-0.2, 0) is 5.41 Å². The molecule has 0 atom stereocenters. The van der Waals surface area contributed by atoms with Crippen LogP contribution in [-0.4, -0.2) is 19.6 Å². The molecule has 6 aromatic rings. The van der Waals surface area contributed by atoms with E-state index in [-0.39, 0.29) is 11.2 Å². The second-order valence-electron chi connectivity index (χ2n) is 10.2. The summed E-state index contributed by atoms with van der Waals surface area (Å²) in [4.78, 5) is 9.65. The Bertz CT molecular complexity index is 1730. The Balaban J connectivity index is 1.66. The summed E-state index contributed by atoms with van der Waals surface area (Å²) in [6.45, 7) is 6.70. The Morgan fingerprint density at radius 2 is 1.56 bits per heavy atom. The lowest BCUT2D eigenvalue weighted by Gasteiger charge is -2.19. The van der Waals surface area contributed by atoms with Crippen molar-refractivity contribution in [2.24, 2.45) is 0 Å². The van der Waals surface area contributed by atoms with Crippen LogP contribution >= 0.6 is 0 Å². The molecule has 0 fully saturated rings. The van der Waals surface area contributed by atoms with Crippen LogP contribution in [0, 0.1) is 0 Å². The number of rotatable bonds is 3. The van der Waals surface area contributed by atoms with Gasteiger partial charge in [0, 0.05) is 33.8 Å². The minimum atomic E-state index is 0.0324. The zero-order valence-electron chi connectivity index (χ0n) is 20.6. The fraction of sp³-hybridized carbons (Fsp3) is 0.125. The lowest BCUT2D eigenvalue weighted by molar-refractivity contribution is 0.477. The minimum absolute atomic E-state index is 0.0324. The average molecular weight is 470 g/mol. The molecule has 0 saturated carbocycles. The summed E-state index contributed by atoms with van der Waals surface area (Å²) >= 11 is 0. The van der Waals surface area contributed by atoms with Crippen molar-refractivity contribution in [3.8, 4) is 34.0 Å². The molecular formula is C32H27N3O. The first-order chi connectivity index (χ1) is 17.4. The van der Waals surface area contributed by atoms with Crippen molar-refractivity contribution in [2.45, 2.75) is 26.2 Å². The van der Waals surface area contributed by atoms with Gasteiger partial charge in [-0.1, -0.05) is 57.2 Å². The second kappa shape index (κ2) is 8.35. The van der Waals surface area contributed by atoms with Crippen LogP contribution in [0.25, 0.3) is 50.1 Å². The maximum Gasteiger partial charge on any atom is 0.146 e. The number of para-hydroxylation sites is 1. The maximum absolute atomic E-state index is 10.5. The van der Waals surface area contributed by atoms with E-state index >= 15 is 0 Å². The Morgan fingerprint density at radius 1 is 0.722 bits per heavy atom. The molecule has 176 valence electrons. The molecule has 0 spiro atoms.